The number of ether oxygens (including phenoxy) is 1. The molecule has 1 unspecified atom stereocenters. The summed E-state index contributed by atoms with van der Waals surface area (Å²) in [7, 11) is 2.18. The maximum Gasteiger partial charge on any atom is 0.412 e. The van der Waals surface area contributed by atoms with Crippen molar-refractivity contribution in [3.8, 4) is 0 Å². The maximum absolute atomic E-state index is 11.7. The summed E-state index contributed by atoms with van der Waals surface area (Å²) >= 11 is 0. The van der Waals surface area contributed by atoms with Crippen molar-refractivity contribution < 1.29 is 9.53 Å². The highest BCUT2D eigenvalue weighted by Crippen LogP contribution is 2.18. The van der Waals surface area contributed by atoms with Crippen LogP contribution in [0.15, 0.2) is 24.3 Å². The second-order valence-electron chi connectivity index (χ2n) is 7.36. The van der Waals surface area contributed by atoms with Gasteiger partial charge in [-0.15, -0.1) is 0 Å². The van der Waals surface area contributed by atoms with Gasteiger partial charge in [0.15, 0.2) is 0 Å². The van der Waals surface area contributed by atoms with E-state index in [4.69, 9.17) is 4.74 Å². The number of rotatable bonds is 4. The zero-order chi connectivity index (χ0) is 16.9. The molecule has 0 radical (unpaired) electrons. The monoisotopic (exact) mass is 319 g/mol. The van der Waals surface area contributed by atoms with Crippen LogP contribution in [-0.2, 0) is 4.74 Å². The average molecular weight is 319 g/mol. The number of carbonyl (C=O) groups excluding carboxylic acids is 1. The van der Waals surface area contributed by atoms with Crippen LogP contribution in [-0.4, -0.2) is 43.3 Å². The smallest absolute Gasteiger partial charge is 0.412 e. The Hall–Kier alpha value is -1.75. The van der Waals surface area contributed by atoms with Gasteiger partial charge in [0, 0.05) is 24.5 Å². The Bertz CT molecular complexity index is 508. The molecule has 0 aliphatic carbocycles. The third-order valence-corrected chi connectivity index (χ3v) is 3.85. The lowest BCUT2D eigenvalue weighted by Crippen LogP contribution is -2.35. The first-order valence-electron chi connectivity index (χ1n) is 8.34. The molecule has 0 aromatic heterocycles. The van der Waals surface area contributed by atoms with Gasteiger partial charge in [-0.25, -0.2) is 4.79 Å². The quantitative estimate of drug-likeness (QED) is 0.886. The van der Waals surface area contributed by atoms with Crippen molar-refractivity contribution in [1.82, 2.24) is 4.90 Å². The van der Waals surface area contributed by atoms with Crippen molar-refractivity contribution >= 4 is 17.5 Å². The minimum atomic E-state index is -0.487. The molecular weight excluding hydrogens is 290 g/mol. The van der Waals surface area contributed by atoms with Crippen LogP contribution < -0.4 is 10.6 Å². The van der Waals surface area contributed by atoms with Crippen molar-refractivity contribution in [3.05, 3.63) is 24.3 Å². The number of nitrogens with zero attached hydrogens (tertiary/aromatic N) is 1. The van der Waals surface area contributed by atoms with E-state index >= 15 is 0 Å². The SMILES string of the molecule is CN1CCCC(CNc2ccc(NC(=O)OC(C)(C)C)cc2)C1. The van der Waals surface area contributed by atoms with Crippen LogP contribution in [0.3, 0.4) is 0 Å². The van der Waals surface area contributed by atoms with Crippen molar-refractivity contribution in [3.63, 3.8) is 0 Å². The Labute approximate surface area is 139 Å². The molecule has 2 rings (SSSR count). The molecule has 1 saturated heterocycles. The number of benzene rings is 1. The summed E-state index contributed by atoms with van der Waals surface area (Å²) in [6.45, 7) is 8.91. The maximum atomic E-state index is 11.7. The molecule has 0 spiro atoms. The van der Waals surface area contributed by atoms with E-state index < -0.39 is 11.7 Å². The number of hydrogen-bond donors (Lipinski definition) is 2. The fourth-order valence-corrected chi connectivity index (χ4v) is 2.79. The summed E-state index contributed by atoms with van der Waals surface area (Å²) in [4.78, 5) is 14.1. The molecule has 1 aromatic rings. The topological polar surface area (TPSA) is 53.6 Å². The van der Waals surface area contributed by atoms with E-state index in [1.165, 1.54) is 19.4 Å². The van der Waals surface area contributed by atoms with Crippen LogP contribution in [0.1, 0.15) is 33.6 Å². The number of hydrogen-bond acceptors (Lipinski definition) is 4. The fourth-order valence-electron chi connectivity index (χ4n) is 2.79. The van der Waals surface area contributed by atoms with Gasteiger partial charge in [0.25, 0.3) is 0 Å². The predicted molar refractivity (Wildman–Crippen MR) is 95.0 cm³/mol. The Balaban J connectivity index is 1.79. The zero-order valence-corrected chi connectivity index (χ0v) is 14.7. The van der Waals surface area contributed by atoms with Crippen LogP contribution in [0.25, 0.3) is 0 Å². The summed E-state index contributed by atoms with van der Waals surface area (Å²) in [5.41, 5.74) is 1.33. The second kappa shape index (κ2) is 7.68. The highest BCUT2D eigenvalue weighted by Gasteiger charge is 2.17. The van der Waals surface area contributed by atoms with Crippen molar-refractivity contribution in [1.29, 1.82) is 0 Å². The molecule has 1 atom stereocenters. The lowest BCUT2D eigenvalue weighted by molar-refractivity contribution is 0.0636. The molecule has 5 heteroatoms. The predicted octanol–water partition coefficient (Wildman–Crippen LogP) is 3.79. The lowest BCUT2D eigenvalue weighted by atomic mass is 9.98. The van der Waals surface area contributed by atoms with Gasteiger partial charge in [-0.2, -0.15) is 0 Å². The van der Waals surface area contributed by atoms with E-state index in [1.807, 2.05) is 45.0 Å². The molecule has 1 fully saturated rings. The average Bonchev–Trinajstić information content (AvgIpc) is 2.44. The van der Waals surface area contributed by atoms with E-state index in [0.717, 1.165) is 24.5 Å². The molecule has 128 valence electrons. The molecule has 1 heterocycles. The minimum Gasteiger partial charge on any atom is -0.444 e. The third kappa shape index (κ3) is 6.48. The molecule has 1 amide bonds. The van der Waals surface area contributed by atoms with Gasteiger partial charge in [0.2, 0.25) is 0 Å². The molecule has 1 aliphatic heterocycles. The number of amides is 1. The van der Waals surface area contributed by atoms with E-state index in [9.17, 15) is 4.79 Å². The molecule has 0 saturated carbocycles. The normalized spacial score (nSPS) is 19.2. The van der Waals surface area contributed by atoms with E-state index in [1.54, 1.807) is 0 Å². The van der Waals surface area contributed by atoms with E-state index in [0.29, 0.717) is 5.92 Å². The first-order chi connectivity index (χ1) is 10.8. The van der Waals surface area contributed by atoms with Gasteiger partial charge >= 0.3 is 6.09 Å². The van der Waals surface area contributed by atoms with Gasteiger partial charge in [-0.05, 0) is 77.4 Å². The second-order valence-corrected chi connectivity index (χ2v) is 7.36. The summed E-state index contributed by atoms with van der Waals surface area (Å²) < 4.78 is 5.24. The van der Waals surface area contributed by atoms with Crippen LogP contribution in [0, 0.1) is 5.92 Å². The molecule has 1 aromatic carbocycles. The van der Waals surface area contributed by atoms with E-state index in [2.05, 4.69) is 22.6 Å². The standard InChI is InChI=1S/C18H29N3O2/c1-18(2,3)23-17(22)20-16-9-7-15(8-10-16)19-12-14-6-5-11-21(4)13-14/h7-10,14,19H,5-6,11-13H2,1-4H3,(H,20,22). The largest absolute Gasteiger partial charge is 0.444 e. The number of anilines is 2. The Morgan fingerprint density at radius 3 is 2.52 bits per heavy atom. The Kier molecular flexibility index (Phi) is 5.88. The minimum absolute atomic E-state index is 0.427. The zero-order valence-electron chi connectivity index (χ0n) is 14.7. The highest BCUT2D eigenvalue weighted by atomic mass is 16.6. The molecule has 5 nitrogen and oxygen atoms in total. The third-order valence-electron chi connectivity index (χ3n) is 3.85. The first kappa shape index (κ1) is 17.6. The summed E-state index contributed by atoms with van der Waals surface area (Å²) in [6, 6.07) is 7.75. The van der Waals surface area contributed by atoms with Crippen molar-refractivity contribution in [2.45, 2.75) is 39.2 Å². The van der Waals surface area contributed by atoms with Crippen molar-refractivity contribution in [2.24, 2.45) is 5.92 Å². The van der Waals surface area contributed by atoms with Crippen LogP contribution >= 0.6 is 0 Å². The molecular formula is C18H29N3O2. The number of nitrogens with one attached hydrogen (secondary N) is 2. The summed E-state index contributed by atoms with van der Waals surface area (Å²) in [5.74, 6) is 0.702. The van der Waals surface area contributed by atoms with Crippen LogP contribution in [0.4, 0.5) is 16.2 Å². The van der Waals surface area contributed by atoms with Crippen LogP contribution in [0.5, 0.6) is 0 Å². The Morgan fingerprint density at radius 2 is 1.91 bits per heavy atom. The Morgan fingerprint density at radius 1 is 1.26 bits per heavy atom. The van der Waals surface area contributed by atoms with Gasteiger partial charge in [-0.3, -0.25) is 5.32 Å². The number of likely N-dealkylation sites (tertiary alicyclic amines) is 1. The summed E-state index contributed by atoms with van der Waals surface area (Å²) in [6.07, 6.45) is 2.14. The van der Waals surface area contributed by atoms with Gasteiger partial charge in [0.1, 0.15) is 5.60 Å². The molecule has 0 bridgehead atoms. The van der Waals surface area contributed by atoms with Crippen LogP contribution in [0.2, 0.25) is 0 Å². The molecule has 2 N–H and O–H groups in total. The first-order valence-corrected chi connectivity index (χ1v) is 8.34. The highest BCUT2D eigenvalue weighted by molar-refractivity contribution is 5.85. The number of carbonyl (C=O) groups is 1. The fraction of sp³-hybridized carbons (Fsp3) is 0.611. The van der Waals surface area contributed by atoms with E-state index in [-0.39, 0.29) is 0 Å². The summed E-state index contributed by atoms with van der Waals surface area (Å²) in [5, 5.41) is 6.22. The van der Waals surface area contributed by atoms with Gasteiger partial charge in [0.05, 0.1) is 0 Å². The number of piperidine rings is 1. The lowest BCUT2D eigenvalue weighted by Gasteiger charge is -2.30. The van der Waals surface area contributed by atoms with Crippen molar-refractivity contribution in [2.75, 3.05) is 37.3 Å². The molecule has 1 aliphatic rings. The molecule has 23 heavy (non-hydrogen) atoms. The van der Waals surface area contributed by atoms with Gasteiger partial charge in [-0.1, -0.05) is 0 Å². The van der Waals surface area contributed by atoms with Gasteiger partial charge < -0.3 is 15.0 Å².